The van der Waals surface area contributed by atoms with Crippen molar-refractivity contribution in [2.75, 3.05) is 6.61 Å². The molecule has 0 atom stereocenters. The summed E-state index contributed by atoms with van der Waals surface area (Å²) < 4.78 is 4.90. The molecule has 0 rings (SSSR count). The molecule has 0 aromatic heterocycles. The number of allylic oxidation sites excluding steroid dienone is 1. The molecule has 16 heavy (non-hydrogen) atoms. The van der Waals surface area contributed by atoms with Gasteiger partial charge in [-0.05, 0) is 20.3 Å². The highest BCUT2D eigenvalue weighted by Gasteiger charge is 2.06. The largest absolute Gasteiger partial charge is 0.462 e. The number of hydrogen-bond acceptors (Lipinski definition) is 3. The molecule has 0 saturated heterocycles. The van der Waals surface area contributed by atoms with E-state index in [0.29, 0.717) is 17.4 Å². The molecule has 3 nitrogen and oxygen atoms in total. The number of aliphatic imine (C=N–C) groups is 1. The predicted octanol–water partition coefficient (Wildman–Crippen LogP) is 3.45. The minimum absolute atomic E-state index is 0.349. The van der Waals surface area contributed by atoms with E-state index in [2.05, 4.69) is 11.9 Å². The highest BCUT2D eigenvalue weighted by molar-refractivity contribution is 6.64. The summed E-state index contributed by atoms with van der Waals surface area (Å²) in [6, 6.07) is 0. The van der Waals surface area contributed by atoms with Crippen LogP contribution in [0, 0.1) is 0 Å². The van der Waals surface area contributed by atoms with Crippen LogP contribution in [-0.2, 0) is 9.53 Å². The van der Waals surface area contributed by atoms with Crippen molar-refractivity contribution < 1.29 is 9.53 Å². The topological polar surface area (TPSA) is 38.7 Å². The van der Waals surface area contributed by atoms with Gasteiger partial charge in [0, 0.05) is 6.20 Å². The molecule has 0 bridgehead atoms. The van der Waals surface area contributed by atoms with Crippen molar-refractivity contribution in [1.29, 1.82) is 0 Å². The monoisotopic (exact) mass is 243 g/mol. The molecule has 0 spiro atoms. The van der Waals surface area contributed by atoms with Gasteiger partial charge in [0.1, 0.15) is 5.17 Å². The quantitative estimate of drug-likeness (QED) is 0.310. The Hall–Kier alpha value is -1.09. The van der Waals surface area contributed by atoms with Crippen LogP contribution < -0.4 is 0 Å². The molecule has 0 aliphatic heterocycles. The maximum atomic E-state index is 11.5. The Kier molecular flexibility index (Phi) is 8.53. The first kappa shape index (κ1) is 14.9. The molecule has 0 aromatic rings. The molecule has 0 amide bonds. The summed E-state index contributed by atoms with van der Waals surface area (Å²) in [6.07, 6.45) is 7.00. The minimum Gasteiger partial charge on any atom is -0.462 e. The summed E-state index contributed by atoms with van der Waals surface area (Å²) in [5.74, 6) is -0.378. The summed E-state index contributed by atoms with van der Waals surface area (Å²) in [6.45, 7) is 5.83. The number of hydrogen-bond donors (Lipinski definition) is 0. The van der Waals surface area contributed by atoms with Crippen LogP contribution >= 0.6 is 11.6 Å². The van der Waals surface area contributed by atoms with E-state index in [-0.39, 0.29) is 5.97 Å². The standard InChI is InChI=1S/C12H18ClNO2/c1-4-6-7-8-11(9-14-10(3)13)12(15)16-5-2/h7-9H,4-6H2,1-3H3/b8-7+,11-9+,14-10+. The van der Waals surface area contributed by atoms with E-state index in [1.807, 2.05) is 6.08 Å². The summed E-state index contributed by atoms with van der Waals surface area (Å²) in [5, 5.41) is 0.380. The first-order valence-corrected chi connectivity index (χ1v) is 5.73. The Morgan fingerprint density at radius 3 is 2.62 bits per heavy atom. The van der Waals surface area contributed by atoms with Gasteiger partial charge in [0.15, 0.2) is 0 Å². The molecule has 0 fully saturated rings. The SMILES string of the molecule is CCC/C=C/C(=C\N=C(/C)Cl)C(=O)OCC. The Balaban J connectivity index is 4.69. The normalized spacial score (nSPS) is 13.2. The average molecular weight is 244 g/mol. The lowest BCUT2D eigenvalue weighted by molar-refractivity contribution is -0.138. The zero-order chi connectivity index (χ0) is 12.4. The fourth-order valence-corrected chi connectivity index (χ4v) is 0.962. The zero-order valence-corrected chi connectivity index (χ0v) is 10.8. The van der Waals surface area contributed by atoms with Gasteiger partial charge >= 0.3 is 5.97 Å². The lowest BCUT2D eigenvalue weighted by atomic mass is 10.2. The number of esters is 1. The number of carbonyl (C=O) groups is 1. The highest BCUT2D eigenvalue weighted by atomic mass is 35.5. The third-order valence-corrected chi connectivity index (χ3v) is 1.74. The molecule has 4 heteroatoms. The maximum absolute atomic E-state index is 11.5. The number of halogens is 1. The van der Waals surface area contributed by atoms with Gasteiger partial charge in [-0.15, -0.1) is 0 Å². The lowest BCUT2D eigenvalue weighted by Gasteiger charge is -2.00. The van der Waals surface area contributed by atoms with Gasteiger partial charge in [-0.1, -0.05) is 37.1 Å². The molecular formula is C12H18ClNO2. The lowest BCUT2D eigenvalue weighted by Crippen LogP contribution is -2.05. The van der Waals surface area contributed by atoms with Crippen molar-refractivity contribution in [3.63, 3.8) is 0 Å². The van der Waals surface area contributed by atoms with Crippen LogP contribution in [0.25, 0.3) is 0 Å². The van der Waals surface area contributed by atoms with Gasteiger partial charge in [0.25, 0.3) is 0 Å². The van der Waals surface area contributed by atoms with Crippen LogP contribution in [0.3, 0.4) is 0 Å². The van der Waals surface area contributed by atoms with Gasteiger partial charge < -0.3 is 4.74 Å². The number of ether oxygens (including phenoxy) is 1. The number of carbonyl (C=O) groups excluding carboxylic acids is 1. The molecule has 0 aliphatic rings. The van der Waals surface area contributed by atoms with Gasteiger partial charge in [-0.2, -0.15) is 0 Å². The molecule has 0 heterocycles. The second-order valence-corrected chi connectivity index (χ2v) is 3.67. The molecule has 90 valence electrons. The Labute approximate surface area is 102 Å². The molecule has 0 radical (unpaired) electrons. The molecular weight excluding hydrogens is 226 g/mol. The van der Waals surface area contributed by atoms with E-state index in [9.17, 15) is 4.79 Å². The van der Waals surface area contributed by atoms with E-state index in [0.717, 1.165) is 12.8 Å². The first-order chi connectivity index (χ1) is 7.61. The average Bonchev–Trinajstić information content (AvgIpc) is 2.23. The second-order valence-electron chi connectivity index (χ2n) is 3.12. The van der Waals surface area contributed by atoms with E-state index in [4.69, 9.17) is 16.3 Å². The van der Waals surface area contributed by atoms with Gasteiger partial charge in [-0.25, -0.2) is 9.79 Å². The Morgan fingerprint density at radius 2 is 2.12 bits per heavy atom. The van der Waals surface area contributed by atoms with Crippen LogP contribution in [0.1, 0.15) is 33.6 Å². The van der Waals surface area contributed by atoms with Crippen LogP contribution in [-0.4, -0.2) is 17.7 Å². The second kappa shape index (κ2) is 9.16. The van der Waals surface area contributed by atoms with Crippen LogP contribution in [0.4, 0.5) is 0 Å². The van der Waals surface area contributed by atoms with Gasteiger partial charge in [0.2, 0.25) is 0 Å². The maximum Gasteiger partial charge on any atom is 0.339 e. The van der Waals surface area contributed by atoms with Crippen molar-refractivity contribution in [2.45, 2.75) is 33.6 Å². The van der Waals surface area contributed by atoms with Crippen LogP contribution in [0.5, 0.6) is 0 Å². The van der Waals surface area contributed by atoms with Crippen LogP contribution in [0.2, 0.25) is 0 Å². The molecule has 0 aromatic carbocycles. The van der Waals surface area contributed by atoms with E-state index in [1.54, 1.807) is 19.9 Å². The Morgan fingerprint density at radius 1 is 1.44 bits per heavy atom. The minimum atomic E-state index is -0.378. The number of rotatable bonds is 6. The van der Waals surface area contributed by atoms with Crippen molar-refractivity contribution in [1.82, 2.24) is 0 Å². The summed E-state index contributed by atoms with van der Waals surface area (Å²) >= 11 is 5.59. The fraction of sp³-hybridized carbons (Fsp3) is 0.500. The third-order valence-electron chi connectivity index (χ3n) is 1.65. The molecule has 0 N–H and O–H groups in total. The smallest absolute Gasteiger partial charge is 0.339 e. The van der Waals surface area contributed by atoms with E-state index < -0.39 is 0 Å². The zero-order valence-electron chi connectivity index (χ0n) is 10.00. The first-order valence-electron chi connectivity index (χ1n) is 5.35. The summed E-state index contributed by atoms with van der Waals surface area (Å²) in [4.78, 5) is 15.4. The number of nitrogens with zero attached hydrogens (tertiary/aromatic N) is 1. The van der Waals surface area contributed by atoms with Crippen molar-refractivity contribution >= 4 is 22.7 Å². The van der Waals surface area contributed by atoms with Crippen molar-refractivity contribution in [3.05, 3.63) is 23.9 Å². The molecule has 0 aliphatic carbocycles. The Bertz CT molecular complexity index is 302. The molecule has 0 unspecified atom stereocenters. The summed E-state index contributed by atoms with van der Waals surface area (Å²) in [7, 11) is 0. The fourth-order valence-electron chi connectivity index (χ4n) is 0.914. The molecule has 0 saturated carbocycles. The van der Waals surface area contributed by atoms with E-state index >= 15 is 0 Å². The summed E-state index contributed by atoms with van der Waals surface area (Å²) in [5.41, 5.74) is 0.412. The van der Waals surface area contributed by atoms with Gasteiger partial charge in [0.05, 0.1) is 12.2 Å². The van der Waals surface area contributed by atoms with Crippen molar-refractivity contribution in [2.24, 2.45) is 4.99 Å². The highest BCUT2D eigenvalue weighted by Crippen LogP contribution is 2.04. The third kappa shape index (κ3) is 7.23. The van der Waals surface area contributed by atoms with E-state index in [1.165, 1.54) is 6.20 Å². The van der Waals surface area contributed by atoms with Gasteiger partial charge in [-0.3, -0.25) is 0 Å². The number of unbranched alkanes of at least 4 members (excludes halogenated alkanes) is 1. The van der Waals surface area contributed by atoms with Crippen LogP contribution in [0.15, 0.2) is 28.9 Å². The van der Waals surface area contributed by atoms with Crippen molar-refractivity contribution in [3.8, 4) is 0 Å². The predicted molar refractivity (Wildman–Crippen MR) is 67.7 cm³/mol.